The molecule has 0 saturated heterocycles. The number of fused-ring (bicyclic) bond motifs is 1. The Kier molecular flexibility index (Phi) is 12.5. The molecule has 3 rings (SSSR count). The minimum Gasteiger partial charge on any atom is -1.00 e. The summed E-state index contributed by atoms with van der Waals surface area (Å²) in [5.74, 6) is 0. The van der Waals surface area contributed by atoms with E-state index >= 15 is 0 Å². The molecule has 1 aliphatic rings. The van der Waals surface area contributed by atoms with Gasteiger partial charge in [-0.05, 0) is 50.7 Å². The minimum absolute atomic E-state index is 0. The molecule has 1 aromatic carbocycles. The number of nitrogens with zero attached hydrogens (tertiary/aromatic N) is 1. The zero-order chi connectivity index (χ0) is 14.7. The Labute approximate surface area is 172 Å². The second-order valence-corrected chi connectivity index (χ2v) is 7.81. The maximum absolute atomic E-state index is 8.19. The van der Waals surface area contributed by atoms with Crippen LogP contribution in [0.3, 0.4) is 0 Å². The third-order valence-electron chi connectivity index (χ3n) is 3.18. The van der Waals surface area contributed by atoms with E-state index in [2.05, 4.69) is 60.9 Å². The van der Waals surface area contributed by atoms with Gasteiger partial charge >= 0.3 is 26.2 Å². The van der Waals surface area contributed by atoms with E-state index < -0.39 is 9.04 Å². The van der Waals surface area contributed by atoms with Gasteiger partial charge in [0.2, 0.25) is 0 Å². The molecule has 0 amide bonds. The van der Waals surface area contributed by atoms with Crippen LogP contribution < -0.4 is 24.8 Å². The molecule has 0 bridgehead atoms. The van der Waals surface area contributed by atoms with Gasteiger partial charge in [-0.1, -0.05) is 29.8 Å². The van der Waals surface area contributed by atoms with Crippen molar-refractivity contribution in [1.82, 2.24) is 4.57 Å². The standard InChI is InChI=1S/C15H15N.C2H8OSi.2ClH.Zr/c1-11-8-13-10-12(2)16(15(13)9-11)14-6-4-3-5-7-14;1-4(2)3;;;/h3-8,10H,9H2,1-2H3;3-4H,1-2H3;2*1H;/q;;;;+2/p-2. The maximum atomic E-state index is 8.19. The molecule has 0 fully saturated rings. The molecule has 6 heteroatoms. The van der Waals surface area contributed by atoms with Crippen LogP contribution in [-0.4, -0.2) is 18.4 Å². The summed E-state index contributed by atoms with van der Waals surface area (Å²) in [4.78, 5) is 8.19. The van der Waals surface area contributed by atoms with Crippen LogP contribution in [0.5, 0.6) is 0 Å². The molecule has 1 aliphatic carbocycles. The maximum Gasteiger partial charge on any atom is 2.00 e. The summed E-state index contributed by atoms with van der Waals surface area (Å²) < 4.78 is 2.36. The van der Waals surface area contributed by atoms with Crippen LogP contribution in [-0.2, 0) is 32.6 Å². The van der Waals surface area contributed by atoms with Crippen molar-refractivity contribution >= 4 is 15.1 Å². The van der Waals surface area contributed by atoms with Crippen LogP contribution in [0.4, 0.5) is 0 Å². The van der Waals surface area contributed by atoms with Gasteiger partial charge in [-0.2, -0.15) is 0 Å². The number of benzene rings is 1. The Hall–Kier alpha value is -0.120. The summed E-state index contributed by atoms with van der Waals surface area (Å²) in [6.07, 6.45) is 3.37. The fourth-order valence-electron chi connectivity index (χ4n) is 2.54. The Balaban J connectivity index is 0. The summed E-state index contributed by atoms with van der Waals surface area (Å²) in [6, 6.07) is 12.9. The number of halogens is 2. The van der Waals surface area contributed by atoms with Crippen molar-refractivity contribution in [2.24, 2.45) is 0 Å². The molecule has 124 valence electrons. The van der Waals surface area contributed by atoms with Gasteiger partial charge in [0, 0.05) is 23.5 Å². The first-order valence-corrected chi connectivity index (χ1v) is 9.93. The number of para-hydroxylation sites is 1. The second-order valence-electron chi connectivity index (χ2n) is 5.62. The zero-order valence-electron chi connectivity index (χ0n) is 14.0. The Morgan fingerprint density at radius 1 is 1.04 bits per heavy atom. The van der Waals surface area contributed by atoms with Crippen LogP contribution in [0.25, 0.3) is 11.8 Å². The van der Waals surface area contributed by atoms with Gasteiger partial charge in [-0.3, -0.25) is 0 Å². The molecule has 0 unspecified atom stereocenters. The molecule has 2 nitrogen and oxygen atoms in total. The molecular formula is C17H23Cl2NOSiZr. The first-order valence-electron chi connectivity index (χ1n) is 7.11. The first kappa shape index (κ1) is 25.1. The van der Waals surface area contributed by atoms with Gasteiger partial charge in [0.05, 0.1) is 0 Å². The third kappa shape index (κ3) is 6.72. The van der Waals surface area contributed by atoms with Gasteiger partial charge in [-0.15, -0.1) is 0 Å². The number of rotatable bonds is 1. The molecule has 0 radical (unpaired) electrons. The van der Waals surface area contributed by atoms with Crippen LogP contribution in [0.1, 0.15) is 23.9 Å². The number of hydrogen-bond acceptors (Lipinski definition) is 1. The summed E-state index contributed by atoms with van der Waals surface area (Å²) in [6.45, 7) is 8.10. The van der Waals surface area contributed by atoms with Gasteiger partial charge in [0.15, 0.2) is 9.04 Å². The largest absolute Gasteiger partial charge is 2.00 e. The predicted octanol–water partition coefficient (Wildman–Crippen LogP) is -2.29. The number of allylic oxidation sites excluding steroid dienone is 1. The van der Waals surface area contributed by atoms with Crippen molar-refractivity contribution in [3.63, 3.8) is 0 Å². The number of hydrogen-bond donors (Lipinski definition) is 1. The summed E-state index contributed by atoms with van der Waals surface area (Å²) >= 11 is 0. The normalized spacial score (nSPS) is 11.1. The number of aromatic nitrogens is 1. The third-order valence-corrected chi connectivity index (χ3v) is 3.18. The summed E-state index contributed by atoms with van der Waals surface area (Å²) in [5.41, 5.74) is 6.86. The molecule has 1 N–H and O–H groups in total. The SMILES string of the molecule is CC1=Cc2cc(C)n(-c3ccccc3)c2C1.C[SiH](C)O.[Cl-].[Cl-].[Zr+2]. The van der Waals surface area contributed by atoms with Crippen LogP contribution in [0, 0.1) is 6.92 Å². The smallest absolute Gasteiger partial charge is 1.00 e. The minimum atomic E-state index is -1.14. The first-order chi connectivity index (χ1) is 9.49. The average molecular weight is 448 g/mol. The Bertz CT molecular complexity index is 624. The molecular weight excluding hydrogens is 424 g/mol. The average Bonchev–Trinajstić information content (AvgIpc) is 2.84. The van der Waals surface area contributed by atoms with Crippen molar-refractivity contribution in [3.8, 4) is 5.69 Å². The monoisotopic (exact) mass is 445 g/mol. The van der Waals surface area contributed by atoms with Crippen molar-refractivity contribution in [2.45, 2.75) is 33.4 Å². The van der Waals surface area contributed by atoms with Crippen molar-refractivity contribution < 1.29 is 55.8 Å². The quantitative estimate of drug-likeness (QED) is 0.490. The fourth-order valence-corrected chi connectivity index (χ4v) is 2.54. The van der Waals surface area contributed by atoms with Crippen molar-refractivity contribution in [3.05, 3.63) is 58.9 Å². The van der Waals surface area contributed by atoms with Crippen LogP contribution >= 0.6 is 0 Å². The van der Waals surface area contributed by atoms with E-state index in [1.807, 2.05) is 13.1 Å². The van der Waals surface area contributed by atoms with E-state index in [4.69, 9.17) is 4.80 Å². The van der Waals surface area contributed by atoms with Gasteiger partial charge in [-0.25, -0.2) is 0 Å². The second kappa shape index (κ2) is 11.4. The Morgan fingerprint density at radius 3 is 2.09 bits per heavy atom. The van der Waals surface area contributed by atoms with Crippen molar-refractivity contribution in [2.75, 3.05) is 0 Å². The summed E-state index contributed by atoms with van der Waals surface area (Å²) in [5, 5.41) is 0. The molecule has 1 heterocycles. The molecule has 1 aromatic heterocycles. The van der Waals surface area contributed by atoms with Gasteiger partial charge < -0.3 is 34.2 Å². The summed E-state index contributed by atoms with van der Waals surface area (Å²) in [7, 11) is -1.14. The van der Waals surface area contributed by atoms with E-state index in [9.17, 15) is 0 Å². The molecule has 23 heavy (non-hydrogen) atoms. The number of aryl methyl sites for hydroxylation is 1. The van der Waals surface area contributed by atoms with E-state index in [1.165, 1.54) is 28.2 Å². The zero-order valence-corrected chi connectivity index (χ0v) is 19.1. The predicted molar refractivity (Wildman–Crippen MR) is 89.0 cm³/mol. The van der Waals surface area contributed by atoms with Crippen LogP contribution in [0.2, 0.25) is 13.1 Å². The molecule has 0 atom stereocenters. The van der Waals surface area contributed by atoms with E-state index in [1.54, 1.807) is 0 Å². The van der Waals surface area contributed by atoms with Gasteiger partial charge in [0.25, 0.3) is 0 Å². The fraction of sp³-hybridized carbons (Fsp3) is 0.294. The van der Waals surface area contributed by atoms with Crippen LogP contribution in [0.15, 0.2) is 42.0 Å². The van der Waals surface area contributed by atoms with E-state index in [-0.39, 0.29) is 51.0 Å². The van der Waals surface area contributed by atoms with E-state index in [0.29, 0.717) is 0 Å². The van der Waals surface area contributed by atoms with E-state index in [0.717, 1.165) is 6.42 Å². The molecule has 2 aromatic rings. The molecule has 0 spiro atoms. The topological polar surface area (TPSA) is 25.2 Å². The molecule has 0 saturated carbocycles. The van der Waals surface area contributed by atoms with Gasteiger partial charge in [0.1, 0.15) is 0 Å². The molecule has 0 aliphatic heterocycles. The van der Waals surface area contributed by atoms with Crippen molar-refractivity contribution in [1.29, 1.82) is 0 Å². The Morgan fingerprint density at radius 2 is 1.57 bits per heavy atom.